The van der Waals surface area contributed by atoms with E-state index in [1.54, 1.807) is 0 Å². The molecule has 0 saturated carbocycles. The molecule has 2 rings (SSSR count). The molecule has 1 unspecified atom stereocenters. The minimum absolute atomic E-state index is 0.0658. The Labute approximate surface area is 127 Å². The van der Waals surface area contributed by atoms with E-state index in [0.29, 0.717) is 32.7 Å². The second-order valence-electron chi connectivity index (χ2n) is 5.72. The highest BCUT2D eigenvalue weighted by atomic mass is 16.5. The highest BCUT2D eigenvalue weighted by Gasteiger charge is 2.42. The van der Waals surface area contributed by atoms with Crippen molar-refractivity contribution in [3.63, 3.8) is 0 Å². The highest BCUT2D eigenvalue weighted by molar-refractivity contribution is 5.37. The van der Waals surface area contributed by atoms with Crippen LogP contribution in [-0.2, 0) is 9.47 Å². The lowest BCUT2D eigenvalue weighted by Gasteiger charge is -2.41. The van der Waals surface area contributed by atoms with Gasteiger partial charge in [-0.1, -0.05) is 18.2 Å². The van der Waals surface area contributed by atoms with Crippen molar-refractivity contribution in [1.82, 2.24) is 0 Å². The number of hydrogen-bond donors (Lipinski definition) is 1. The summed E-state index contributed by atoms with van der Waals surface area (Å²) in [4.78, 5) is 0. The Morgan fingerprint density at radius 2 is 1.90 bits per heavy atom. The van der Waals surface area contributed by atoms with Gasteiger partial charge in [-0.25, -0.2) is 0 Å². The monoisotopic (exact) mass is 294 g/mol. The summed E-state index contributed by atoms with van der Waals surface area (Å²) in [5, 5.41) is 11.0. The number of para-hydroxylation sites is 1. The smallest absolute Gasteiger partial charge is 0.125 e. The predicted molar refractivity (Wildman–Crippen MR) is 81.6 cm³/mol. The van der Waals surface area contributed by atoms with E-state index in [1.807, 2.05) is 45.0 Å². The number of hydrogen-bond acceptors (Lipinski definition) is 4. The number of ether oxygens (including phenoxy) is 3. The van der Waals surface area contributed by atoms with Crippen LogP contribution in [0.5, 0.6) is 5.75 Å². The Balaban J connectivity index is 2.30. The Bertz CT molecular complexity index is 433. The summed E-state index contributed by atoms with van der Waals surface area (Å²) in [5.41, 5.74) is 0.213. The van der Waals surface area contributed by atoms with Gasteiger partial charge in [-0.05, 0) is 26.8 Å². The molecule has 1 saturated heterocycles. The van der Waals surface area contributed by atoms with Gasteiger partial charge in [0.2, 0.25) is 0 Å². The van der Waals surface area contributed by atoms with Crippen molar-refractivity contribution in [2.45, 2.75) is 51.4 Å². The van der Waals surface area contributed by atoms with Gasteiger partial charge < -0.3 is 19.3 Å². The van der Waals surface area contributed by atoms with Gasteiger partial charge in [0.1, 0.15) is 17.5 Å². The van der Waals surface area contributed by atoms with E-state index < -0.39 is 11.7 Å². The van der Waals surface area contributed by atoms with Gasteiger partial charge in [-0.15, -0.1) is 0 Å². The zero-order chi connectivity index (χ0) is 15.3. The van der Waals surface area contributed by atoms with Crippen LogP contribution < -0.4 is 4.74 Å². The summed E-state index contributed by atoms with van der Waals surface area (Å²) < 4.78 is 17.2. The molecule has 1 atom stereocenters. The molecule has 4 heteroatoms. The molecule has 0 aromatic heterocycles. The fourth-order valence-corrected chi connectivity index (χ4v) is 2.85. The molecular weight excluding hydrogens is 268 g/mol. The first-order valence-electron chi connectivity index (χ1n) is 7.74. The largest absolute Gasteiger partial charge is 0.491 e. The van der Waals surface area contributed by atoms with Crippen LogP contribution in [0.25, 0.3) is 0 Å². The van der Waals surface area contributed by atoms with Gasteiger partial charge in [0, 0.05) is 38.2 Å². The number of rotatable bonds is 6. The molecule has 1 aliphatic rings. The zero-order valence-corrected chi connectivity index (χ0v) is 13.2. The molecule has 4 nitrogen and oxygen atoms in total. The maximum Gasteiger partial charge on any atom is 0.125 e. The van der Waals surface area contributed by atoms with Crippen molar-refractivity contribution in [1.29, 1.82) is 0 Å². The van der Waals surface area contributed by atoms with Gasteiger partial charge in [-0.3, -0.25) is 0 Å². The Hall–Kier alpha value is -1.10. The third-order valence-corrected chi connectivity index (χ3v) is 3.85. The number of benzene rings is 1. The van der Waals surface area contributed by atoms with Crippen LogP contribution in [0.4, 0.5) is 0 Å². The van der Waals surface area contributed by atoms with E-state index in [-0.39, 0.29) is 6.10 Å². The maximum atomic E-state index is 11.0. The molecule has 1 aromatic rings. The molecule has 0 spiro atoms. The van der Waals surface area contributed by atoms with Crippen molar-refractivity contribution in [2.24, 2.45) is 0 Å². The fourth-order valence-electron chi connectivity index (χ4n) is 2.85. The second kappa shape index (κ2) is 7.25. The van der Waals surface area contributed by atoms with Crippen LogP contribution in [0.15, 0.2) is 24.3 Å². The van der Waals surface area contributed by atoms with E-state index >= 15 is 0 Å². The quantitative estimate of drug-likeness (QED) is 0.876. The minimum atomic E-state index is -0.712. The molecule has 1 aliphatic heterocycles. The van der Waals surface area contributed by atoms with Crippen molar-refractivity contribution in [2.75, 3.05) is 19.8 Å². The van der Waals surface area contributed by atoms with Gasteiger partial charge >= 0.3 is 0 Å². The van der Waals surface area contributed by atoms with Gasteiger partial charge in [0.25, 0.3) is 0 Å². The molecule has 1 N–H and O–H groups in total. The molecule has 0 bridgehead atoms. The van der Waals surface area contributed by atoms with Gasteiger partial charge in [0.15, 0.2) is 0 Å². The highest BCUT2D eigenvalue weighted by Crippen LogP contribution is 2.41. The normalized spacial score (nSPS) is 19.5. The van der Waals surface area contributed by atoms with E-state index in [2.05, 4.69) is 0 Å². The molecule has 1 heterocycles. The molecule has 0 amide bonds. The van der Waals surface area contributed by atoms with Crippen LogP contribution in [0.2, 0.25) is 0 Å². The molecule has 118 valence electrons. The van der Waals surface area contributed by atoms with Crippen LogP contribution in [0, 0.1) is 0 Å². The van der Waals surface area contributed by atoms with Crippen molar-refractivity contribution < 1.29 is 19.3 Å². The van der Waals surface area contributed by atoms with Crippen LogP contribution in [0.3, 0.4) is 0 Å². The standard InChI is InChI=1S/C17H26O4/c1-4-20-17(9-11-19-12-10-17)16(18)14-7-5-6-8-15(14)21-13(2)3/h5-8,13,16,18H,4,9-12H2,1-3H3. The molecule has 1 aromatic carbocycles. The topological polar surface area (TPSA) is 47.9 Å². The van der Waals surface area contributed by atoms with E-state index in [0.717, 1.165) is 11.3 Å². The number of aliphatic hydroxyl groups is 1. The summed E-state index contributed by atoms with van der Waals surface area (Å²) in [6, 6.07) is 7.66. The van der Waals surface area contributed by atoms with E-state index in [9.17, 15) is 5.11 Å². The minimum Gasteiger partial charge on any atom is -0.491 e. The Morgan fingerprint density at radius 1 is 1.24 bits per heavy atom. The summed E-state index contributed by atoms with van der Waals surface area (Å²) >= 11 is 0. The summed E-state index contributed by atoms with van der Waals surface area (Å²) in [6.45, 7) is 7.73. The van der Waals surface area contributed by atoms with Crippen molar-refractivity contribution >= 4 is 0 Å². The first-order valence-corrected chi connectivity index (χ1v) is 7.74. The number of aliphatic hydroxyl groups excluding tert-OH is 1. The first kappa shape index (κ1) is 16.3. The molecule has 1 fully saturated rings. The van der Waals surface area contributed by atoms with Crippen LogP contribution in [-0.4, -0.2) is 36.6 Å². The first-order chi connectivity index (χ1) is 10.1. The molecule has 0 radical (unpaired) electrons. The van der Waals surface area contributed by atoms with Crippen molar-refractivity contribution in [3.05, 3.63) is 29.8 Å². The average molecular weight is 294 g/mol. The summed E-state index contributed by atoms with van der Waals surface area (Å²) in [5.74, 6) is 0.727. The molecular formula is C17H26O4. The lowest BCUT2D eigenvalue weighted by Crippen LogP contribution is -2.44. The third kappa shape index (κ3) is 3.76. The Morgan fingerprint density at radius 3 is 2.52 bits per heavy atom. The van der Waals surface area contributed by atoms with Gasteiger partial charge in [0.05, 0.1) is 6.10 Å². The summed E-state index contributed by atoms with van der Waals surface area (Å²) in [7, 11) is 0. The molecule has 21 heavy (non-hydrogen) atoms. The Kier molecular flexibility index (Phi) is 5.62. The summed E-state index contributed by atoms with van der Waals surface area (Å²) in [6.07, 6.45) is 0.739. The maximum absolute atomic E-state index is 11.0. The van der Waals surface area contributed by atoms with Crippen molar-refractivity contribution in [3.8, 4) is 5.75 Å². The lowest BCUT2D eigenvalue weighted by molar-refractivity contribution is -0.168. The van der Waals surface area contributed by atoms with E-state index in [4.69, 9.17) is 14.2 Å². The lowest BCUT2D eigenvalue weighted by atomic mass is 9.83. The predicted octanol–water partition coefficient (Wildman–Crippen LogP) is 3.09. The SMILES string of the molecule is CCOC1(C(O)c2ccccc2OC(C)C)CCOCC1. The zero-order valence-electron chi connectivity index (χ0n) is 13.2. The molecule has 0 aliphatic carbocycles. The van der Waals surface area contributed by atoms with Gasteiger partial charge in [-0.2, -0.15) is 0 Å². The third-order valence-electron chi connectivity index (χ3n) is 3.85. The fraction of sp³-hybridized carbons (Fsp3) is 0.647. The average Bonchev–Trinajstić information content (AvgIpc) is 2.48. The van der Waals surface area contributed by atoms with E-state index in [1.165, 1.54) is 0 Å². The van der Waals surface area contributed by atoms with Crippen LogP contribution in [0.1, 0.15) is 45.3 Å². The van der Waals surface area contributed by atoms with Crippen LogP contribution >= 0.6 is 0 Å². The second-order valence-corrected chi connectivity index (χ2v) is 5.72.